The molecule has 0 fully saturated rings. The Kier molecular flexibility index (Phi) is 3.98. The first-order valence-corrected chi connectivity index (χ1v) is 5.71. The largest absolute Gasteiger partial charge is 0.493 e. The molecule has 16 heavy (non-hydrogen) atoms. The summed E-state index contributed by atoms with van der Waals surface area (Å²) in [7, 11) is 0. The van der Waals surface area contributed by atoms with E-state index in [-0.39, 0.29) is 5.41 Å². The van der Waals surface area contributed by atoms with Crippen molar-refractivity contribution in [3.63, 3.8) is 0 Å². The van der Waals surface area contributed by atoms with Gasteiger partial charge in [0, 0.05) is 0 Å². The van der Waals surface area contributed by atoms with Crippen LogP contribution in [0.1, 0.15) is 43.6 Å². The lowest BCUT2D eigenvalue weighted by Crippen LogP contribution is -2.12. The van der Waals surface area contributed by atoms with Gasteiger partial charge < -0.3 is 4.74 Å². The van der Waals surface area contributed by atoms with Gasteiger partial charge in [0.1, 0.15) is 5.75 Å². The molecule has 0 unspecified atom stereocenters. The van der Waals surface area contributed by atoms with Crippen molar-refractivity contribution in [2.75, 3.05) is 6.61 Å². The van der Waals surface area contributed by atoms with E-state index in [0.29, 0.717) is 17.9 Å². The summed E-state index contributed by atoms with van der Waals surface area (Å²) in [6, 6.07) is 5.58. The summed E-state index contributed by atoms with van der Waals surface area (Å²) >= 11 is 5.55. The summed E-state index contributed by atoms with van der Waals surface area (Å²) < 4.78 is 5.36. The van der Waals surface area contributed by atoms with Crippen molar-refractivity contribution in [3.8, 4) is 5.75 Å². The number of rotatable bonds is 3. The van der Waals surface area contributed by atoms with Crippen molar-refractivity contribution in [1.29, 1.82) is 0 Å². The number of hydrogen-bond acceptors (Lipinski definition) is 2. The Morgan fingerprint density at radius 1 is 1.38 bits per heavy atom. The van der Waals surface area contributed by atoms with Gasteiger partial charge in [-0.15, -0.1) is 0 Å². The summed E-state index contributed by atoms with van der Waals surface area (Å²) in [5.41, 5.74) is 1.50. The molecule has 0 spiro atoms. The maximum Gasteiger partial charge on any atom is 0.256 e. The molecule has 0 atom stereocenters. The van der Waals surface area contributed by atoms with E-state index in [2.05, 4.69) is 20.8 Å². The van der Waals surface area contributed by atoms with Crippen LogP contribution in [0.25, 0.3) is 0 Å². The minimum Gasteiger partial charge on any atom is -0.493 e. The molecule has 0 bridgehead atoms. The van der Waals surface area contributed by atoms with Crippen molar-refractivity contribution in [1.82, 2.24) is 0 Å². The maximum atomic E-state index is 11.3. The van der Waals surface area contributed by atoms with E-state index in [1.165, 1.54) is 0 Å². The van der Waals surface area contributed by atoms with Crippen molar-refractivity contribution < 1.29 is 9.53 Å². The first-order valence-electron chi connectivity index (χ1n) is 5.33. The first kappa shape index (κ1) is 13.0. The monoisotopic (exact) mass is 240 g/mol. The summed E-state index contributed by atoms with van der Waals surface area (Å²) in [6.07, 6.45) is 0. The molecule has 1 rings (SSSR count). The highest BCUT2D eigenvalue weighted by molar-refractivity contribution is 6.68. The Hall–Kier alpha value is -1.02. The lowest BCUT2D eigenvalue weighted by Gasteiger charge is -2.20. The fraction of sp³-hybridized carbons (Fsp3) is 0.462. The molecule has 0 aliphatic rings. The molecule has 1 aromatic rings. The average molecular weight is 241 g/mol. The van der Waals surface area contributed by atoms with Crippen LogP contribution in [0.4, 0.5) is 0 Å². The number of carbonyl (C=O) groups excluding carboxylic acids is 1. The van der Waals surface area contributed by atoms with Crippen LogP contribution < -0.4 is 4.74 Å². The topological polar surface area (TPSA) is 26.3 Å². The Balaban J connectivity index is 3.23. The summed E-state index contributed by atoms with van der Waals surface area (Å²) in [5, 5.41) is -0.477. The molecule has 0 saturated carbocycles. The third-order valence-corrected chi connectivity index (χ3v) is 2.56. The van der Waals surface area contributed by atoms with Gasteiger partial charge in [-0.05, 0) is 41.6 Å². The van der Waals surface area contributed by atoms with E-state index < -0.39 is 5.24 Å². The maximum absolute atomic E-state index is 11.3. The lowest BCUT2D eigenvalue weighted by molar-refractivity contribution is 0.107. The fourth-order valence-corrected chi connectivity index (χ4v) is 1.58. The number of ether oxygens (including phenoxy) is 1. The molecule has 2 nitrogen and oxygen atoms in total. The molecule has 3 heteroatoms. The van der Waals surface area contributed by atoms with E-state index in [1.807, 2.05) is 13.0 Å². The van der Waals surface area contributed by atoms with Crippen LogP contribution in [0.5, 0.6) is 5.75 Å². The van der Waals surface area contributed by atoms with Gasteiger partial charge in [0.2, 0.25) is 0 Å². The SMILES string of the molecule is CCOc1ccc(C(C)(C)C)cc1C(=O)Cl. The van der Waals surface area contributed by atoms with E-state index in [0.717, 1.165) is 5.56 Å². The van der Waals surface area contributed by atoms with Crippen LogP contribution in [-0.4, -0.2) is 11.8 Å². The molecule has 0 N–H and O–H groups in total. The van der Waals surface area contributed by atoms with Crippen LogP contribution in [0.3, 0.4) is 0 Å². The molecule has 0 aliphatic carbocycles. The van der Waals surface area contributed by atoms with Crippen LogP contribution in [-0.2, 0) is 5.41 Å². The highest BCUT2D eigenvalue weighted by Gasteiger charge is 2.18. The van der Waals surface area contributed by atoms with Crippen molar-refractivity contribution in [2.45, 2.75) is 33.1 Å². The van der Waals surface area contributed by atoms with Gasteiger partial charge in [0.05, 0.1) is 12.2 Å². The molecular weight excluding hydrogens is 224 g/mol. The second-order valence-corrected chi connectivity index (χ2v) is 5.01. The normalized spacial score (nSPS) is 11.3. The van der Waals surface area contributed by atoms with E-state index in [9.17, 15) is 4.79 Å². The van der Waals surface area contributed by atoms with Crippen LogP contribution >= 0.6 is 11.6 Å². The quantitative estimate of drug-likeness (QED) is 0.752. The summed E-state index contributed by atoms with van der Waals surface area (Å²) in [4.78, 5) is 11.3. The fourth-order valence-electron chi connectivity index (χ4n) is 1.43. The predicted molar refractivity (Wildman–Crippen MR) is 66.5 cm³/mol. The van der Waals surface area contributed by atoms with Crippen LogP contribution in [0.2, 0.25) is 0 Å². The zero-order chi connectivity index (χ0) is 12.3. The molecule has 0 aromatic heterocycles. The van der Waals surface area contributed by atoms with Gasteiger partial charge in [0.15, 0.2) is 0 Å². The van der Waals surface area contributed by atoms with Gasteiger partial charge in [-0.2, -0.15) is 0 Å². The van der Waals surface area contributed by atoms with E-state index in [1.54, 1.807) is 12.1 Å². The zero-order valence-corrected chi connectivity index (χ0v) is 10.9. The second-order valence-electron chi connectivity index (χ2n) is 4.67. The highest BCUT2D eigenvalue weighted by atomic mass is 35.5. The molecule has 0 heterocycles. The third-order valence-electron chi connectivity index (χ3n) is 2.36. The Morgan fingerprint density at radius 2 is 2.00 bits per heavy atom. The summed E-state index contributed by atoms with van der Waals surface area (Å²) in [5.74, 6) is 0.551. The van der Waals surface area contributed by atoms with Gasteiger partial charge in [0.25, 0.3) is 5.24 Å². The summed E-state index contributed by atoms with van der Waals surface area (Å²) in [6.45, 7) is 8.66. The molecule has 1 aromatic carbocycles. The van der Waals surface area contributed by atoms with Gasteiger partial charge in [-0.3, -0.25) is 4.79 Å². The molecule has 0 radical (unpaired) electrons. The highest BCUT2D eigenvalue weighted by Crippen LogP contribution is 2.28. The molecular formula is C13H17ClO2. The first-order chi connectivity index (χ1) is 7.36. The Bertz CT molecular complexity index is 391. The standard InChI is InChI=1S/C13H17ClO2/c1-5-16-11-7-6-9(13(2,3)4)8-10(11)12(14)15/h6-8H,5H2,1-4H3. The molecule has 88 valence electrons. The van der Waals surface area contributed by atoms with Gasteiger partial charge in [-0.25, -0.2) is 0 Å². The van der Waals surface area contributed by atoms with Crippen molar-refractivity contribution in [2.24, 2.45) is 0 Å². The zero-order valence-electron chi connectivity index (χ0n) is 10.1. The van der Waals surface area contributed by atoms with E-state index >= 15 is 0 Å². The molecule has 0 amide bonds. The van der Waals surface area contributed by atoms with Crippen molar-refractivity contribution >= 4 is 16.8 Å². The second kappa shape index (κ2) is 4.88. The smallest absolute Gasteiger partial charge is 0.256 e. The van der Waals surface area contributed by atoms with E-state index in [4.69, 9.17) is 16.3 Å². The van der Waals surface area contributed by atoms with Gasteiger partial charge in [-0.1, -0.05) is 26.8 Å². The average Bonchev–Trinajstić information content (AvgIpc) is 2.16. The van der Waals surface area contributed by atoms with Crippen molar-refractivity contribution in [3.05, 3.63) is 29.3 Å². The number of hydrogen-bond donors (Lipinski definition) is 0. The molecule has 0 aliphatic heterocycles. The minimum atomic E-state index is -0.477. The Morgan fingerprint density at radius 3 is 2.44 bits per heavy atom. The minimum absolute atomic E-state index is 0.00810. The number of benzene rings is 1. The Labute approximate surface area is 102 Å². The van der Waals surface area contributed by atoms with Crippen LogP contribution in [0, 0.1) is 0 Å². The molecule has 0 saturated heterocycles. The number of carbonyl (C=O) groups is 1. The number of halogens is 1. The predicted octanol–water partition coefficient (Wildman–Crippen LogP) is 3.76. The van der Waals surface area contributed by atoms with Gasteiger partial charge >= 0.3 is 0 Å². The third kappa shape index (κ3) is 2.99. The lowest BCUT2D eigenvalue weighted by atomic mass is 9.86. The van der Waals surface area contributed by atoms with Crippen LogP contribution in [0.15, 0.2) is 18.2 Å².